The van der Waals surface area contributed by atoms with Crippen molar-refractivity contribution in [1.29, 1.82) is 0 Å². The lowest BCUT2D eigenvalue weighted by Gasteiger charge is -2.22. The van der Waals surface area contributed by atoms with Gasteiger partial charge in [0, 0.05) is 17.6 Å². The van der Waals surface area contributed by atoms with Gasteiger partial charge in [-0.3, -0.25) is 0 Å². The molecule has 3 nitrogen and oxygen atoms in total. The van der Waals surface area contributed by atoms with E-state index in [0.29, 0.717) is 8.68 Å². The van der Waals surface area contributed by atoms with E-state index in [9.17, 15) is 8.42 Å². The fraction of sp³-hybridized carbons (Fsp3) is 0.556. The van der Waals surface area contributed by atoms with Crippen LogP contribution in [0.2, 0.25) is 0 Å². The van der Waals surface area contributed by atoms with Gasteiger partial charge in [-0.25, -0.2) is 8.42 Å². The van der Waals surface area contributed by atoms with Gasteiger partial charge in [0.25, 0.3) is 10.0 Å². The van der Waals surface area contributed by atoms with Crippen molar-refractivity contribution in [3.05, 3.63) is 15.9 Å². The van der Waals surface area contributed by atoms with E-state index in [1.165, 1.54) is 15.6 Å². The summed E-state index contributed by atoms with van der Waals surface area (Å²) in [4.78, 5) is 0. The number of hydrogen-bond donors (Lipinski definition) is 0. The Morgan fingerprint density at radius 3 is 2.60 bits per heavy atom. The standard InChI is InChI=1S/C9H14BrNO2S2/c1-4-7(2)11(3)15(12,13)9-8(10)5-6-14-9/h5-7H,4H2,1-3H3. The van der Waals surface area contributed by atoms with Crippen molar-refractivity contribution in [3.8, 4) is 0 Å². The number of hydrogen-bond acceptors (Lipinski definition) is 3. The van der Waals surface area contributed by atoms with Gasteiger partial charge in [-0.05, 0) is 40.7 Å². The van der Waals surface area contributed by atoms with Crippen LogP contribution in [0.3, 0.4) is 0 Å². The Balaban J connectivity index is 3.09. The van der Waals surface area contributed by atoms with Crippen LogP contribution in [0.1, 0.15) is 20.3 Å². The molecule has 0 bridgehead atoms. The maximum Gasteiger partial charge on any atom is 0.253 e. The first-order chi connectivity index (χ1) is 6.91. The van der Waals surface area contributed by atoms with Gasteiger partial charge >= 0.3 is 0 Å². The van der Waals surface area contributed by atoms with Crippen LogP contribution in [-0.2, 0) is 10.0 Å². The molecule has 1 rings (SSSR count). The Bertz CT molecular complexity index is 427. The second-order valence-electron chi connectivity index (χ2n) is 3.33. The molecule has 1 unspecified atom stereocenters. The van der Waals surface area contributed by atoms with Gasteiger partial charge in [-0.2, -0.15) is 4.31 Å². The van der Waals surface area contributed by atoms with Gasteiger partial charge in [0.2, 0.25) is 0 Å². The Labute approximate surface area is 103 Å². The van der Waals surface area contributed by atoms with Crippen molar-refractivity contribution >= 4 is 37.3 Å². The molecule has 15 heavy (non-hydrogen) atoms. The molecule has 0 amide bonds. The van der Waals surface area contributed by atoms with E-state index in [-0.39, 0.29) is 6.04 Å². The molecule has 6 heteroatoms. The van der Waals surface area contributed by atoms with Crippen LogP contribution >= 0.6 is 27.3 Å². The van der Waals surface area contributed by atoms with Crippen LogP contribution in [-0.4, -0.2) is 25.8 Å². The number of sulfonamides is 1. The van der Waals surface area contributed by atoms with Crippen LogP contribution < -0.4 is 0 Å². The molecule has 0 aliphatic rings. The Morgan fingerprint density at radius 2 is 2.20 bits per heavy atom. The van der Waals surface area contributed by atoms with E-state index in [1.54, 1.807) is 18.5 Å². The fourth-order valence-electron chi connectivity index (χ4n) is 1.09. The smallest absolute Gasteiger partial charge is 0.206 e. The fourth-order valence-corrected chi connectivity index (χ4v) is 5.00. The summed E-state index contributed by atoms with van der Waals surface area (Å²) in [6.07, 6.45) is 0.804. The first kappa shape index (κ1) is 13.2. The third-order valence-electron chi connectivity index (χ3n) is 2.41. The van der Waals surface area contributed by atoms with Crippen molar-refractivity contribution in [3.63, 3.8) is 0 Å². The number of thiophene rings is 1. The third kappa shape index (κ3) is 2.61. The minimum Gasteiger partial charge on any atom is -0.206 e. The minimum atomic E-state index is -3.33. The first-order valence-electron chi connectivity index (χ1n) is 4.62. The highest BCUT2D eigenvalue weighted by Crippen LogP contribution is 2.30. The highest BCUT2D eigenvalue weighted by Gasteiger charge is 2.27. The van der Waals surface area contributed by atoms with Crippen molar-refractivity contribution in [1.82, 2.24) is 4.31 Å². The van der Waals surface area contributed by atoms with Crippen LogP contribution in [0.15, 0.2) is 20.1 Å². The van der Waals surface area contributed by atoms with Crippen molar-refractivity contribution < 1.29 is 8.42 Å². The van der Waals surface area contributed by atoms with Gasteiger partial charge in [-0.1, -0.05) is 6.92 Å². The Kier molecular flexibility index (Phi) is 4.34. The molecule has 0 saturated heterocycles. The van der Waals surface area contributed by atoms with Crippen LogP contribution in [0.5, 0.6) is 0 Å². The summed E-state index contributed by atoms with van der Waals surface area (Å²) in [7, 11) is -1.71. The molecule has 0 radical (unpaired) electrons. The molecule has 0 fully saturated rings. The summed E-state index contributed by atoms with van der Waals surface area (Å²) in [6.45, 7) is 3.87. The molecule has 0 aromatic carbocycles. The molecular weight excluding hydrogens is 298 g/mol. The Morgan fingerprint density at radius 1 is 1.60 bits per heavy atom. The maximum absolute atomic E-state index is 12.1. The SMILES string of the molecule is CCC(C)N(C)S(=O)(=O)c1sccc1Br. The summed E-state index contributed by atoms with van der Waals surface area (Å²) in [5, 5.41) is 1.77. The molecule has 0 aliphatic heterocycles. The van der Waals surface area contributed by atoms with E-state index in [2.05, 4.69) is 15.9 Å². The zero-order valence-corrected chi connectivity index (χ0v) is 12.1. The lowest BCUT2D eigenvalue weighted by atomic mass is 10.3. The highest BCUT2D eigenvalue weighted by molar-refractivity contribution is 9.10. The minimum absolute atomic E-state index is 0.0176. The summed E-state index contributed by atoms with van der Waals surface area (Å²) >= 11 is 4.48. The summed E-state index contributed by atoms with van der Waals surface area (Å²) in [5.41, 5.74) is 0. The van der Waals surface area contributed by atoms with E-state index >= 15 is 0 Å². The monoisotopic (exact) mass is 311 g/mol. The average molecular weight is 312 g/mol. The molecule has 0 aliphatic carbocycles. The molecule has 1 heterocycles. The predicted octanol–water partition coefficient (Wildman–Crippen LogP) is 2.93. The Hall–Kier alpha value is 0.0900. The summed E-state index contributed by atoms with van der Waals surface area (Å²) in [6, 6.07) is 1.77. The third-order valence-corrected chi connectivity index (χ3v) is 7.03. The first-order valence-corrected chi connectivity index (χ1v) is 7.73. The normalized spacial score (nSPS) is 14.5. The lowest BCUT2D eigenvalue weighted by molar-refractivity contribution is 0.381. The molecular formula is C9H14BrNO2S2. The van der Waals surface area contributed by atoms with Crippen LogP contribution in [0.25, 0.3) is 0 Å². The van der Waals surface area contributed by atoms with Gasteiger partial charge < -0.3 is 0 Å². The largest absolute Gasteiger partial charge is 0.253 e. The number of rotatable bonds is 4. The molecule has 0 saturated carbocycles. The summed E-state index contributed by atoms with van der Waals surface area (Å²) < 4.78 is 26.7. The average Bonchev–Trinajstić information content (AvgIpc) is 2.62. The van der Waals surface area contributed by atoms with E-state index in [4.69, 9.17) is 0 Å². The van der Waals surface area contributed by atoms with Crippen molar-refractivity contribution in [2.75, 3.05) is 7.05 Å². The van der Waals surface area contributed by atoms with E-state index in [1.807, 2.05) is 13.8 Å². The van der Waals surface area contributed by atoms with E-state index < -0.39 is 10.0 Å². The quantitative estimate of drug-likeness (QED) is 0.857. The molecule has 0 spiro atoms. The topological polar surface area (TPSA) is 37.4 Å². The molecule has 86 valence electrons. The maximum atomic E-state index is 12.1. The number of nitrogens with zero attached hydrogens (tertiary/aromatic N) is 1. The molecule has 1 aromatic heterocycles. The van der Waals surface area contributed by atoms with Gasteiger partial charge in [0.1, 0.15) is 4.21 Å². The van der Waals surface area contributed by atoms with Gasteiger partial charge in [0.15, 0.2) is 0 Å². The second kappa shape index (κ2) is 4.95. The number of halogens is 1. The zero-order chi connectivity index (χ0) is 11.6. The van der Waals surface area contributed by atoms with Crippen LogP contribution in [0, 0.1) is 0 Å². The zero-order valence-electron chi connectivity index (χ0n) is 8.90. The van der Waals surface area contributed by atoms with Crippen molar-refractivity contribution in [2.45, 2.75) is 30.5 Å². The van der Waals surface area contributed by atoms with Crippen LogP contribution in [0.4, 0.5) is 0 Å². The van der Waals surface area contributed by atoms with E-state index in [0.717, 1.165) is 6.42 Å². The highest BCUT2D eigenvalue weighted by atomic mass is 79.9. The molecule has 0 N–H and O–H groups in total. The van der Waals surface area contributed by atoms with Gasteiger partial charge in [-0.15, -0.1) is 11.3 Å². The molecule has 1 atom stereocenters. The van der Waals surface area contributed by atoms with Crippen molar-refractivity contribution in [2.24, 2.45) is 0 Å². The predicted molar refractivity (Wildman–Crippen MR) is 66.7 cm³/mol. The van der Waals surface area contributed by atoms with Gasteiger partial charge in [0.05, 0.1) is 0 Å². The molecule has 1 aromatic rings. The lowest BCUT2D eigenvalue weighted by Crippen LogP contribution is -2.34. The second-order valence-corrected chi connectivity index (χ2v) is 7.30. The summed E-state index contributed by atoms with van der Waals surface area (Å²) in [5.74, 6) is 0.